The smallest absolute Gasteiger partial charge is 0.221 e. The Hall–Kier alpha value is -1.26. The number of rotatable bonds is 5. The summed E-state index contributed by atoms with van der Waals surface area (Å²) in [6.45, 7) is 4.17. The fourth-order valence-electron chi connectivity index (χ4n) is 2.51. The van der Waals surface area contributed by atoms with Crippen LogP contribution >= 0.6 is 12.4 Å². The molecule has 0 saturated carbocycles. The number of hydrogen-bond acceptors (Lipinski definition) is 3. The lowest BCUT2D eigenvalue weighted by Gasteiger charge is -2.25. The molecule has 0 aromatic heterocycles. The van der Waals surface area contributed by atoms with Crippen LogP contribution in [-0.4, -0.2) is 31.6 Å². The third-order valence-corrected chi connectivity index (χ3v) is 3.39. The van der Waals surface area contributed by atoms with Crippen molar-refractivity contribution in [2.45, 2.75) is 25.8 Å². The molecule has 1 aromatic carbocycles. The van der Waals surface area contributed by atoms with Gasteiger partial charge in [0, 0.05) is 37.8 Å². The van der Waals surface area contributed by atoms with Crippen LogP contribution in [-0.2, 0) is 11.2 Å². The van der Waals surface area contributed by atoms with Crippen molar-refractivity contribution in [3.8, 4) is 0 Å². The molecule has 1 atom stereocenters. The zero-order chi connectivity index (χ0) is 13.0. The first kappa shape index (κ1) is 15.8. The van der Waals surface area contributed by atoms with E-state index in [1.165, 1.54) is 11.3 Å². The predicted molar refractivity (Wildman–Crippen MR) is 80.9 cm³/mol. The molecule has 2 rings (SSSR count). The van der Waals surface area contributed by atoms with E-state index in [1.54, 1.807) is 0 Å². The van der Waals surface area contributed by atoms with Crippen LogP contribution in [0.4, 0.5) is 5.69 Å². The number of fused-ring (bicyclic) bond motifs is 1. The summed E-state index contributed by atoms with van der Waals surface area (Å²) in [5, 5.41) is 2.90. The molecule has 1 unspecified atom stereocenters. The molecular weight excluding hydrogens is 262 g/mol. The molecule has 1 aliphatic heterocycles. The van der Waals surface area contributed by atoms with Crippen LogP contribution in [0.5, 0.6) is 0 Å². The summed E-state index contributed by atoms with van der Waals surface area (Å²) in [6, 6.07) is 8.99. The van der Waals surface area contributed by atoms with Gasteiger partial charge in [0.1, 0.15) is 0 Å². The van der Waals surface area contributed by atoms with Crippen LogP contribution < -0.4 is 16.0 Å². The highest BCUT2D eigenvalue weighted by molar-refractivity contribution is 5.85. The maximum Gasteiger partial charge on any atom is 0.221 e. The largest absolute Gasteiger partial charge is 0.367 e. The average molecular weight is 284 g/mol. The first-order valence-electron chi connectivity index (χ1n) is 6.53. The normalized spacial score (nSPS) is 16.7. The number of halogens is 1. The summed E-state index contributed by atoms with van der Waals surface area (Å²) in [5.41, 5.74) is 8.04. The van der Waals surface area contributed by atoms with Crippen molar-refractivity contribution in [1.82, 2.24) is 5.32 Å². The van der Waals surface area contributed by atoms with Gasteiger partial charge in [-0.3, -0.25) is 4.79 Å². The maximum absolute atomic E-state index is 11.3. The average Bonchev–Trinajstić information content (AvgIpc) is 2.66. The molecule has 1 amide bonds. The van der Waals surface area contributed by atoms with Crippen molar-refractivity contribution in [2.24, 2.45) is 5.73 Å². The zero-order valence-corrected chi connectivity index (χ0v) is 12.1. The quantitative estimate of drug-likeness (QED) is 0.857. The van der Waals surface area contributed by atoms with Crippen LogP contribution in [0.1, 0.15) is 18.9 Å². The van der Waals surface area contributed by atoms with E-state index in [-0.39, 0.29) is 18.3 Å². The van der Waals surface area contributed by atoms with Gasteiger partial charge in [0.25, 0.3) is 0 Å². The van der Waals surface area contributed by atoms with Gasteiger partial charge in [-0.05, 0) is 25.0 Å². The summed E-state index contributed by atoms with van der Waals surface area (Å²) < 4.78 is 0. The fraction of sp³-hybridized carbons (Fsp3) is 0.500. The van der Waals surface area contributed by atoms with E-state index < -0.39 is 0 Å². The molecule has 4 nitrogen and oxygen atoms in total. The molecule has 0 saturated heterocycles. The SMILES string of the molecule is CC1Cc2ccccc2N1CCNC(=O)CCN.Cl. The monoisotopic (exact) mass is 283 g/mol. The highest BCUT2D eigenvalue weighted by Gasteiger charge is 2.24. The number of carbonyl (C=O) groups is 1. The molecule has 0 aliphatic carbocycles. The van der Waals surface area contributed by atoms with Crippen LogP contribution in [0.25, 0.3) is 0 Å². The van der Waals surface area contributed by atoms with Gasteiger partial charge in [0.2, 0.25) is 5.91 Å². The second-order valence-corrected chi connectivity index (χ2v) is 4.76. The van der Waals surface area contributed by atoms with Crippen molar-refractivity contribution in [2.75, 3.05) is 24.5 Å². The van der Waals surface area contributed by atoms with E-state index in [9.17, 15) is 4.79 Å². The van der Waals surface area contributed by atoms with E-state index in [1.807, 2.05) is 0 Å². The highest BCUT2D eigenvalue weighted by Crippen LogP contribution is 2.30. The summed E-state index contributed by atoms with van der Waals surface area (Å²) in [4.78, 5) is 13.7. The molecule has 1 heterocycles. The third kappa shape index (κ3) is 3.85. The summed E-state index contributed by atoms with van der Waals surface area (Å²) >= 11 is 0. The number of para-hydroxylation sites is 1. The lowest BCUT2D eigenvalue weighted by molar-refractivity contribution is -0.120. The van der Waals surface area contributed by atoms with Gasteiger partial charge in [-0.2, -0.15) is 0 Å². The van der Waals surface area contributed by atoms with Crippen LogP contribution in [0.2, 0.25) is 0 Å². The summed E-state index contributed by atoms with van der Waals surface area (Å²) in [7, 11) is 0. The van der Waals surface area contributed by atoms with Crippen molar-refractivity contribution in [3.63, 3.8) is 0 Å². The Labute approximate surface area is 120 Å². The Morgan fingerprint density at radius 1 is 1.47 bits per heavy atom. The van der Waals surface area contributed by atoms with Gasteiger partial charge in [-0.1, -0.05) is 18.2 Å². The number of anilines is 1. The Kier molecular flexibility index (Phi) is 6.12. The van der Waals surface area contributed by atoms with Crippen LogP contribution in [0.3, 0.4) is 0 Å². The molecule has 1 aliphatic rings. The molecule has 1 aromatic rings. The molecule has 5 heteroatoms. The molecule has 0 radical (unpaired) electrons. The molecule has 0 bridgehead atoms. The number of amides is 1. The predicted octanol–water partition coefficient (Wildman–Crippen LogP) is 1.32. The summed E-state index contributed by atoms with van der Waals surface area (Å²) in [6.07, 6.45) is 1.50. The summed E-state index contributed by atoms with van der Waals surface area (Å²) in [5.74, 6) is 0.0395. The van der Waals surface area contributed by atoms with Gasteiger partial charge in [-0.25, -0.2) is 0 Å². The maximum atomic E-state index is 11.3. The van der Waals surface area contributed by atoms with Gasteiger partial charge in [0.05, 0.1) is 0 Å². The van der Waals surface area contributed by atoms with Crippen LogP contribution in [0, 0.1) is 0 Å². The van der Waals surface area contributed by atoms with Gasteiger partial charge >= 0.3 is 0 Å². The number of benzene rings is 1. The zero-order valence-electron chi connectivity index (χ0n) is 11.3. The van der Waals surface area contributed by atoms with E-state index in [0.717, 1.165) is 13.0 Å². The number of hydrogen-bond donors (Lipinski definition) is 2. The second-order valence-electron chi connectivity index (χ2n) is 4.76. The molecule has 19 heavy (non-hydrogen) atoms. The van der Waals surface area contributed by atoms with Crippen molar-refractivity contribution in [1.29, 1.82) is 0 Å². The van der Waals surface area contributed by atoms with E-state index in [2.05, 4.69) is 41.4 Å². The first-order chi connectivity index (χ1) is 8.72. The second kappa shape index (κ2) is 7.36. The van der Waals surface area contributed by atoms with E-state index in [4.69, 9.17) is 5.73 Å². The Balaban J connectivity index is 0.00000180. The van der Waals surface area contributed by atoms with Crippen molar-refractivity contribution in [3.05, 3.63) is 29.8 Å². The lowest BCUT2D eigenvalue weighted by atomic mass is 10.1. The number of nitrogens with one attached hydrogen (secondary N) is 1. The topological polar surface area (TPSA) is 58.4 Å². The first-order valence-corrected chi connectivity index (χ1v) is 6.53. The lowest BCUT2D eigenvalue weighted by Crippen LogP contribution is -2.38. The van der Waals surface area contributed by atoms with Crippen molar-refractivity contribution >= 4 is 24.0 Å². The molecule has 106 valence electrons. The van der Waals surface area contributed by atoms with Crippen molar-refractivity contribution < 1.29 is 4.79 Å². The Morgan fingerprint density at radius 2 is 2.21 bits per heavy atom. The third-order valence-electron chi connectivity index (χ3n) is 3.39. The molecular formula is C14H22ClN3O. The van der Waals surface area contributed by atoms with E-state index in [0.29, 0.717) is 25.6 Å². The molecule has 0 fully saturated rings. The fourth-order valence-corrected chi connectivity index (χ4v) is 2.51. The van der Waals surface area contributed by atoms with Gasteiger partial charge < -0.3 is 16.0 Å². The van der Waals surface area contributed by atoms with E-state index >= 15 is 0 Å². The number of nitrogens with two attached hydrogens (primary N) is 1. The minimum Gasteiger partial charge on any atom is -0.367 e. The standard InChI is InChI=1S/C14H21N3O.ClH/c1-11-10-12-4-2-3-5-13(12)17(11)9-8-16-14(18)6-7-15;/h2-5,11H,6-10,15H2,1H3,(H,16,18);1H. The minimum atomic E-state index is 0. The Morgan fingerprint density at radius 3 is 2.95 bits per heavy atom. The Bertz CT molecular complexity index is 425. The molecule has 3 N–H and O–H groups in total. The minimum absolute atomic E-state index is 0. The molecule has 0 spiro atoms. The van der Waals surface area contributed by atoms with Gasteiger partial charge in [-0.15, -0.1) is 12.4 Å². The van der Waals surface area contributed by atoms with Gasteiger partial charge in [0.15, 0.2) is 0 Å². The number of nitrogens with zero attached hydrogens (tertiary/aromatic N) is 1. The number of carbonyl (C=O) groups excluding carboxylic acids is 1. The highest BCUT2D eigenvalue weighted by atomic mass is 35.5. The van der Waals surface area contributed by atoms with Crippen LogP contribution in [0.15, 0.2) is 24.3 Å².